The van der Waals surface area contributed by atoms with E-state index in [1.807, 2.05) is 0 Å². The molecular formula is C73H130O6. The number of unbranched alkanes of at least 4 members (excludes halogenated alkanes) is 40. The molecule has 0 saturated heterocycles. The van der Waals surface area contributed by atoms with Crippen molar-refractivity contribution < 1.29 is 28.6 Å². The Hall–Kier alpha value is -3.15. The van der Waals surface area contributed by atoms with Crippen molar-refractivity contribution in [3.05, 3.63) is 72.9 Å². The molecule has 79 heavy (non-hydrogen) atoms. The van der Waals surface area contributed by atoms with Gasteiger partial charge in [-0.3, -0.25) is 14.4 Å². The van der Waals surface area contributed by atoms with E-state index in [4.69, 9.17) is 14.2 Å². The van der Waals surface area contributed by atoms with Gasteiger partial charge in [-0.05, 0) is 89.9 Å². The first-order valence-corrected chi connectivity index (χ1v) is 34.4. The van der Waals surface area contributed by atoms with E-state index >= 15 is 0 Å². The Morgan fingerprint density at radius 3 is 0.772 bits per heavy atom. The van der Waals surface area contributed by atoms with Gasteiger partial charge < -0.3 is 14.2 Å². The van der Waals surface area contributed by atoms with Crippen molar-refractivity contribution in [3.63, 3.8) is 0 Å². The van der Waals surface area contributed by atoms with Crippen LogP contribution < -0.4 is 0 Å². The normalized spacial score (nSPS) is 12.5. The Kier molecular flexibility index (Phi) is 64.7. The molecule has 6 heteroatoms. The Bertz CT molecular complexity index is 1450. The second-order valence-electron chi connectivity index (χ2n) is 23.1. The van der Waals surface area contributed by atoms with Gasteiger partial charge in [0.2, 0.25) is 0 Å². The zero-order valence-corrected chi connectivity index (χ0v) is 52.6. The van der Waals surface area contributed by atoms with Crippen LogP contribution in [0.5, 0.6) is 0 Å². The largest absolute Gasteiger partial charge is 0.462 e. The molecular weight excluding hydrogens is 973 g/mol. The maximum Gasteiger partial charge on any atom is 0.306 e. The number of hydrogen-bond donors (Lipinski definition) is 0. The molecule has 0 saturated carbocycles. The third-order valence-corrected chi connectivity index (χ3v) is 15.2. The van der Waals surface area contributed by atoms with E-state index in [0.717, 1.165) is 89.9 Å². The van der Waals surface area contributed by atoms with Crippen molar-refractivity contribution in [2.24, 2.45) is 0 Å². The lowest BCUT2D eigenvalue weighted by atomic mass is 10.0. The quantitative estimate of drug-likeness (QED) is 0.0261. The monoisotopic (exact) mass is 1100 g/mol. The minimum atomic E-state index is -0.772. The molecule has 0 aliphatic heterocycles. The van der Waals surface area contributed by atoms with Crippen LogP contribution >= 0.6 is 0 Å². The van der Waals surface area contributed by atoms with Crippen LogP contribution in [0.3, 0.4) is 0 Å². The maximum absolute atomic E-state index is 12.9. The minimum absolute atomic E-state index is 0.0713. The summed E-state index contributed by atoms with van der Waals surface area (Å²) >= 11 is 0. The number of rotatable bonds is 63. The van der Waals surface area contributed by atoms with Gasteiger partial charge in [0.1, 0.15) is 13.2 Å². The summed E-state index contributed by atoms with van der Waals surface area (Å²) in [5.74, 6) is -0.861. The summed E-state index contributed by atoms with van der Waals surface area (Å²) in [7, 11) is 0. The molecule has 0 amide bonds. The lowest BCUT2D eigenvalue weighted by Gasteiger charge is -2.18. The van der Waals surface area contributed by atoms with Crippen molar-refractivity contribution in [2.75, 3.05) is 13.2 Å². The van der Waals surface area contributed by atoms with Gasteiger partial charge in [0.25, 0.3) is 0 Å². The van der Waals surface area contributed by atoms with Gasteiger partial charge in [-0.2, -0.15) is 0 Å². The molecule has 0 aromatic rings. The predicted molar refractivity (Wildman–Crippen MR) is 344 cm³/mol. The highest BCUT2D eigenvalue weighted by atomic mass is 16.6. The van der Waals surface area contributed by atoms with Gasteiger partial charge >= 0.3 is 17.9 Å². The van der Waals surface area contributed by atoms with Gasteiger partial charge in [-0.15, -0.1) is 0 Å². The van der Waals surface area contributed by atoms with Gasteiger partial charge in [0.15, 0.2) is 6.10 Å². The van der Waals surface area contributed by atoms with E-state index < -0.39 is 6.10 Å². The molecule has 1 atom stereocenters. The molecule has 6 nitrogen and oxygen atoms in total. The molecule has 0 bridgehead atoms. The topological polar surface area (TPSA) is 78.9 Å². The van der Waals surface area contributed by atoms with Crippen LogP contribution in [0.2, 0.25) is 0 Å². The van der Waals surface area contributed by atoms with Gasteiger partial charge in [0, 0.05) is 19.3 Å². The lowest BCUT2D eigenvalue weighted by molar-refractivity contribution is -0.167. The first-order chi connectivity index (χ1) is 39.0. The van der Waals surface area contributed by atoms with E-state index in [-0.39, 0.29) is 31.1 Å². The highest BCUT2D eigenvalue weighted by Gasteiger charge is 2.19. The van der Waals surface area contributed by atoms with E-state index in [1.54, 1.807) is 0 Å². The smallest absolute Gasteiger partial charge is 0.306 e. The van der Waals surface area contributed by atoms with E-state index in [0.29, 0.717) is 19.3 Å². The molecule has 0 N–H and O–H groups in total. The first kappa shape index (κ1) is 75.8. The molecule has 458 valence electrons. The van der Waals surface area contributed by atoms with E-state index in [2.05, 4.69) is 93.7 Å². The first-order valence-electron chi connectivity index (χ1n) is 34.4. The van der Waals surface area contributed by atoms with Crippen LogP contribution in [0.25, 0.3) is 0 Å². The lowest BCUT2D eigenvalue weighted by Crippen LogP contribution is -2.30. The Labute approximate surface area is 491 Å². The minimum Gasteiger partial charge on any atom is -0.462 e. The van der Waals surface area contributed by atoms with Crippen molar-refractivity contribution in [1.82, 2.24) is 0 Å². The molecule has 0 rings (SSSR count). The molecule has 1 unspecified atom stereocenters. The summed E-state index contributed by atoms with van der Waals surface area (Å²) in [6, 6.07) is 0. The second kappa shape index (κ2) is 67.4. The molecule has 0 radical (unpaired) electrons. The zero-order valence-electron chi connectivity index (χ0n) is 52.6. The second-order valence-corrected chi connectivity index (χ2v) is 23.1. The summed E-state index contributed by atoms with van der Waals surface area (Å²) in [6.07, 6.45) is 88.1. The number of ether oxygens (including phenoxy) is 3. The fraction of sp³-hybridized carbons (Fsp3) is 0.795. The molecule has 0 spiro atoms. The predicted octanol–water partition coefficient (Wildman–Crippen LogP) is 23.7. The standard InChI is InChI=1S/C73H130O6/c1-4-7-10-13-16-18-20-22-24-26-28-30-32-33-34-35-36-37-38-39-41-42-44-46-48-50-52-54-57-60-63-66-72(75)78-69-70(68-77-71(74)65-62-59-56-15-12-9-6-3)79-73(76)67-64-61-58-55-53-51-49-47-45-43-40-31-29-27-25-23-21-19-17-14-11-8-5-2/h7,10,16,18,21-24,27-30,70H,4-6,8-9,11-15,17,19-20,25-26,31-69H2,1-3H3/b10-7-,18-16-,23-21-,24-22-,29-27-,30-28-. The molecule has 0 aliphatic carbocycles. The molecule has 0 fully saturated rings. The van der Waals surface area contributed by atoms with Crippen LogP contribution in [0.1, 0.15) is 355 Å². The third-order valence-electron chi connectivity index (χ3n) is 15.2. The van der Waals surface area contributed by atoms with E-state index in [9.17, 15) is 14.4 Å². The van der Waals surface area contributed by atoms with Crippen molar-refractivity contribution in [3.8, 4) is 0 Å². The summed E-state index contributed by atoms with van der Waals surface area (Å²) < 4.78 is 16.9. The average Bonchev–Trinajstić information content (AvgIpc) is 3.45. The van der Waals surface area contributed by atoms with Gasteiger partial charge in [-0.1, -0.05) is 318 Å². The summed E-state index contributed by atoms with van der Waals surface area (Å²) in [4.78, 5) is 38.2. The summed E-state index contributed by atoms with van der Waals surface area (Å²) in [6.45, 7) is 6.52. The zero-order chi connectivity index (χ0) is 57.1. The SMILES string of the molecule is CC/C=C\C/C=C\C/C=C\C/C=C\CCCCCCCCCCCCCCCCCCCCC(=O)OCC(COC(=O)CCCCCCCCC)OC(=O)CCCCCCCCCCCCC/C=C\C/C=C\CCCCCCC. The number of allylic oxidation sites excluding steroid dienone is 12. The summed E-state index contributed by atoms with van der Waals surface area (Å²) in [5, 5.41) is 0. The fourth-order valence-electron chi connectivity index (χ4n) is 10.1. The van der Waals surface area contributed by atoms with Crippen LogP contribution in [0.15, 0.2) is 72.9 Å². The van der Waals surface area contributed by atoms with Crippen molar-refractivity contribution in [2.45, 2.75) is 361 Å². The number of hydrogen-bond acceptors (Lipinski definition) is 6. The average molecular weight is 1100 g/mol. The van der Waals surface area contributed by atoms with Gasteiger partial charge in [-0.25, -0.2) is 0 Å². The van der Waals surface area contributed by atoms with Crippen molar-refractivity contribution >= 4 is 17.9 Å². The third kappa shape index (κ3) is 65.5. The van der Waals surface area contributed by atoms with E-state index in [1.165, 1.54) is 225 Å². The highest BCUT2D eigenvalue weighted by molar-refractivity contribution is 5.71. The Morgan fingerprint density at radius 1 is 0.266 bits per heavy atom. The molecule has 0 heterocycles. The van der Waals surface area contributed by atoms with Crippen molar-refractivity contribution in [1.29, 1.82) is 0 Å². The molecule has 0 aromatic carbocycles. The fourth-order valence-corrected chi connectivity index (χ4v) is 10.1. The number of esters is 3. The van der Waals surface area contributed by atoms with Crippen LogP contribution in [-0.4, -0.2) is 37.2 Å². The maximum atomic E-state index is 12.9. The Balaban J connectivity index is 4.04. The highest BCUT2D eigenvalue weighted by Crippen LogP contribution is 2.18. The number of carbonyl (C=O) groups is 3. The van der Waals surface area contributed by atoms with Crippen LogP contribution in [-0.2, 0) is 28.6 Å². The van der Waals surface area contributed by atoms with Gasteiger partial charge in [0.05, 0.1) is 0 Å². The number of carbonyl (C=O) groups excluding carboxylic acids is 3. The van der Waals surface area contributed by atoms with Crippen LogP contribution in [0.4, 0.5) is 0 Å². The Morgan fingerprint density at radius 2 is 0.494 bits per heavy atom. The molecule has 0 aliphatic rings. The molecule has 0 aromatic heterocycles. The van der Waals surface area contributed by atoms with Crippen LogP contribution in [0, 0.1) is 0 Å². The summed E-state index contributed by atoms with van der Waals surface area (Å²) in [5.41, 5.74) is 0.